The van der Waals surface area contributed by atoms with Crippen molar-refractivity contribution >= 4 is 50.5 Å². The molecule has 0 unspecified atom stereocenters. The zero-order valence-electron chi connectivity index (χ0n) is 27.1. The first-order valence-corrected chi connectivity index (χ1v) is 15.8. The lowest BCUT2D eigenvalue weighted by Gasteiger charge is -2.30. The summed E-state index contributed by atoms with van der Waals surface area (Å²) in [6.07, 6.45) is 0.244. The maximum atomic E-state index is 12.5. The van der Waals surface area contributed by atoms with E-state index in [0.717, 1.165) is 48.3 Å². The van der Waals surface area contributed by atoms with Crippen molar-refractivity contribution in [2.24, 2.45) is 0 Å². The monoisotopic (exact) mass is 663 g/mol. The third kappa shape index (κ3) is 7.80. The number of benzene rings is 5. The summed E-state index contributed by atoms with van der Waals surface area (Å²) in [5.74, 6) is 0.280. The summed E-state index contributed by atoms with van der Waals surface area (Å²) in [6.45, 7) is 2.06. The molecule has 1 saturated heterocycles. The van der Waals surface area contributed by atoms with Crippen molar-refractivity contribution < 1.29 is 23.9 Å². The van der Waals surface area contributed by atoms with Gasteiger partial charge in [-0.15, -0.1) is 0 Å². The summed E-state index contributed by atoms with van der Waals surface area (Å²) >= 11 is 0. The van der Waals surface area contributed by atoms with Crippen LogP contribution in [0.3, 0.4) is 0 Å². The van der Waals surface area contributed by atoms with Crippen molar-refractivity contribution in [1.29, 1.82) is 5.41 Å². The zero-order valence-corrected chi connectivity index (χ0v) is 27.1. The van der Waals surface area contributed by atoms with Gasteiger partial charge < -0.3 is 24.8 Å². The number of carbonyl (C=O) groups excluding carboxylic acids is 1. The number of nitrogens with zero attached hydrogens (tertiary/aromatic N) is 1. The third-order valence-electron chi connectivity index (χ3n) is 8.32. The van der Waals surface area contributed by atoms with Gasteiger partial charge in [0, 0.05) is 36.7 Å². The highest BCUT2D eigenvalue weighted by Crippen LogP contribution is 2.35. The fourth-order valence-corrected chi connectivity index (χ4v) is 5.61. The number of amides is 1. The largest absolute Gasteiger partial charge is 0.493 e. The van der Waals surface area contributed by atoms with E-state index in [-0.39, 0.29) is 34.8 Å². The van der Waals surface area contributed by atoms with Crippen molar-refractivity contribution in [2.75, 3.05) is 44.6 Å². The summed E-state index contributed by atoms with van der Waals surface area (Å²) in [5, 5.41) is 40.3. The van der Waals surface area contributed by atoms with Gasteiger partial charge in [0.15, 0.2) is 11.5 Å². The number of fused-ring (bicyclic) bond motifs is 2. The molecule has 0 spiro atoms. The lowest BCUT2D eigenvalue weighted by Crippen LogP contribution is -2.51. The quantitative estimate of drug-likeness (QED) is 0.0279. The van der Waals surface area contributed by atoms with Gasteiger partial charge in [0.1, 0.15) is 12.4 Å². The van der Waals surface area contributed by atoms with Crippen LogP contribution in [0.5, 0.6) is 11.5 Å². The van der Waals surface area contributed by atoms with E-state index >= 15 is 0 Å². The SMILES string of the molecule is COc1cc(COC(=O)NC(=N)c2ccc3cc(NCCCNc4ccc5cc(C6NCN6)ccc5c4)ccc3c2)c([N+](=O)[O-])cc1OC. The molecule has 5 aromatic rings. The predicted molar refractivity (Wildman–Crippen MR) is 190 cm³/mol. The van der Waals surface area contributed by atoms with Crippen LogP contribution in [0.25, 0.3) is 21.5 Å². The van der Waals surface area contributed by atoms with Gasteiger partial charge in [0.25, 0.3) is 5.69 Å². The van der Waals surface area contributed by atoms with Crippen LogP contribution in [0.1, 0.15) is 29.3 Å². The minimum Gasteiger partial charge on any atom is -0.493 e. The lowest BCUT2D eigenvalue weighted by atomic mass is 10.0. The van der Waals surface area contributed by atoms with Crippen LogP contribution in [0.15, 0.2) is 84.9 Å². The van der Waals surface area contributed by atoms with Crippen molar-refractivity contribution in [3.63, 3.8) is 0 Å². The molecule has 0 saturated carbocycles. The Hall–Kier alpha value is -5.92. The first-order chi connectivity index (χ1) is 23.8. The number of anilines is 2. The summed E-state index contributed by atoms with van der Waals surface area (Å²) in [6, 6.07) is 27.0. The van der Waals surface area contributed by atoms with Gasteiger partial charge in [0.2, 0.25) is 0 Å². The number of nitrogens with one attached hydrogen (secondary N) is 6. The number of hydrogen-bond donors (Lipinski definition) is 6. The summed E-state index contributed by atoms with van der Waals surface area (Å²) in [5.41, 5.74) is 3.64. The van der Waals surface area contributed by atoms with Crippen molar-refractivity contribution in [2.45, 2.75) is 19.2 Å². The van der Waals surface area contributed by atoms with Crippen molar-refractivity contribution in [1.82, 2.24) is 16.0 Å². The number of carbonyl (C=O) groups is 1. The van der Waals surface area contributed by atoms with Gasteiger partial charge >= 0.3 is 6.09 Å². The molecule has 1 fully saturated rings. The number of rotatable bonds is 13. The lowest BCUT2D eigenvalue weighted by molar-refractivity contribution is -0.385. The van der Waals surface area contributed by atoms with E-state index in [9.17, 15) is 14.9 Å². The van der Waals surface area contributed by atoms with Gasteiger partial charge in [-0.2, -0.15) is 0 Å². The van der Waals surface area contributed by atoms with Crippen LogP contribution in [0.2, 0.25) is 0 Å². The first-order valence-electron chi connectivity index (χ1n) is 15.8. The fourth-order valence-electron chi connectivity index (χ4n) is 5.61. The molecule has 5 aromatic carbocycles. The Balaban J connectivity index is 0.971. The molecular weight excluding hydrogens is 626 g/mol. The number of nitro groups is 1. The molecule has 0 aliphatic carbocycles. The second-order valence-corrected chi connectivity index (χ2v) is 11.5. The molecule has 0 aromatic heterocycles. The molecule has 1 heterocycles. The molecule has 252 valence electrons. The Bertz CT molecular complexity index is 2030. The van der Waals surface area contributed by atoms with Crippen LogP contribution >= 0.6 is 0 Å². The van der Waals surface area contributed by atoms with Gasteiger partial charge in [-0.3, -0.25) is 31.5 Å². The number of ether oxygens (including phenoxy) is 3. The summed E-state index contributed by atoms with van der Waals surface area (Å²) in [7, 11) is 2.77. The number of nitro benzene ring substituents is 1. The van der Waals surface area contributed by atoms with E-state index in [1.54, 1.807) is 12.1 Å². The summed E-state index contributed by atoms with van der Waals surface area (Å²) < 4.78 is 15.5. The smallest absolute Gasteiger partial charge is 0.413 e. The molecule has 0 bridgehead atoms. The molecule has 1 amide bonds. The standard InChI is InChI=1S/C36H37N7O6/c1-47-32-18-28(31(43(45)46)19-33(32)48-2)20-49-36(44)42-34(37)26-6-4-24-16-29(10-8-22(24)14-26)38-12-3-13-39-30-11-9-23-15-27(35-40-21-41-35)7-5-25(23)17-30/h4-11,14-19,35,38-41H,3,12-13,20-21H2,1-2H3,(H2,37,42,44). The van der Waals surface area contributed by atoms with Gasteiger partial charge in [-0.05, 0) is 76.0 Å². The minimum atomic E-state index is -0.919. The van der Waals surface area contributed by atoms with E-state index in [1.807, 2.05) is 24.3 Å². The zero-order chi connectivity index (χ0) is 34.3. The predicted octanol–water partition coefficient (Wildman–Crippen LogP) is 6.23. The number of methoxy groups -OCH3 is 2. The minimum absolute atomic E-state index is 0.120. The summed E-state index contributed by atoms with van der Waals surface area (Å²) in [4.78, 5) is 23.4. The molecular formula is C36H37N7O6. The van der Waals surface area contributed by atoms with Crippen LogP contribution in [0.4, 0.5) is 21.9 Å². The average molecular weight is 664 g/mol. The molecule has 13 heteroatoms. The molecule has 13 nitrogen and oxygen atoms in total. The molecule has 6 N–H and O–H groups in total. The Labute approximate surface area is 282 Å². The highest BCUT2D eigenvalue weighted by Gasteiger charge is 2.21. The maximum Gasteiger partial charge on any atom is 0.413 e. The third-order valence-corrected chi connectivity index (χ3v) is 8.32. The van der Waals surface area contributed by atoms with Crippen LogP contribution in [0, 0.1) is 15.5 Å². The van der Waals surface area contributed by atoms with E-state index in [4.69, 9.17) is 19.6 Å². The second kappa shape index (κ2) is 14.9. The molecule has 1 aliphatic heterocycles. The Morgan fingerprint density at radius 2 is 1.43 bits per heavy atom. The first kappa shape index (κ1) is 33.0. The van der Waals surface area contributed by atoms with Crippen LogP contribution in [-0.2, 0) is 11.3 Å². The Morgan fingerprint density at radius 1 is 0.837 bits per heavy atom. The Kier molecular flexibility index (Phi) is 10.0. The van der Waals surface area contributed by atoms with E-state index in [2.05, 4.69) is 63.0 Å². The Morgan fingerprint density at radius 3 is 2.04 bits per heavy atom. The van der Waals surface area contributed by atoms with Crippen LogP contribution in [-0.4, -0.2) is 50.8 Å². The second-order valence-electron chi connectivity index (χ2n) is 11.5. The topological polar surface area (TPSA) is 172 Å². The maximum absolute atomic E-state index is 12.5. The number of amidine groups is 1. The highest BCUT2D eigenvalue weighted by atomic mass is 16.6. The van der Waals surface area contributed by atoms with E-state index in [0.29, 0.717) is 5.56 Å². The molecule has 49 heavy (non-hydrogen) atoms. The normalized spacial score (nSPS) is 12.6. The molecule has 0 atom stereocenters. The van der Waals surface area contributed by atoms with Gasteiger partial charge in [-0.25, -0.2) is 4.79 Å². The van der Waals surface area contributed by atoms with E-state index in [1.165, 1.54) is 42.7 Å². The number of alkyl carbamates (subject to hydrolysis) is 1. The molecule has 1 aliphatic rings. The van der Waals surface area contributed by atoms with Crippen LogP contribution < -0.4 is 36.1 Å². The van der Waals surface area contributed by atoms with Crippen molar-refractivity contribution in [3.05, 3.63) is 112 Å². The van der Waals surface area contributed by atoms with Gasteiger partial charge in [-0.1, -0.05) is 36.4 Å². The molecule has 6 rings (SSSR count). The fraction of sp³-hybridized carbons (Fsp3) is 0.222. The highest BCUT2D eigenvalue weighted by molar-refractivity contribution is 6.06. The number of hydrogen-bond acceptors (Lipinski definition) is 11. The van der Waals surface area contributed by atoms with Gasteiger partial charge in [0.05, 0.1) is 36.9 Å². The average Bonchev–Trinajstić information content (AvgIpc) is 3.09. The van der Waals surface area contributed by atoms with Crippen molar-refractivity contribution in [3.8, 4) is 11.5 Å². The molecule has 0 radical (unpaired) electrons. The van der Waals surface area contributed by atoms with E-state index < -0.39 is 17.6 Å².